The minimum atomic E-state index is -0.793. The van der Waals surface area contributed by atoms with Gasteiger partial charge in [-0.15, -0.1) is 0 Å². The molecule has 0 spiro atoms. The van der Waals surface area contributed by atoms with Crippen molar-refractivity contribution >= 4 is 55.4 Å². The standard InChI is InChI=1S/C22H14Br2O6/c1-2-12-19(26)18(29-21(27)13-7-3-5-9-15(13)23)11-17(25)20(12)30-22(28)14-8-4-6-10-16(14)24/h3-11H,2H2,1H3. The zero-order valence-electron chi connectivity index (χ0n) is 15.6. The number of hydrogen-bond acceptors (Lipinski definition) is 6. The van der Waals surface area contributed by atoms with Crippen LogP contribution >= 0.6 is 31.9 Å². The molecule has 0 saturated heterocycles. The van der Waals surface area contributed by atoms with E-state index in [9.17, 15) is 19.2 Å². The van der Waals surface area contributed by atoms with Crippen LogP contribution in [0.4, 0.5) is 0 Å². The zero-order valence-corrected chi connectivity index (χ0v) is 18.8. The summed E-state index contributed by atoms with van der Waals surface area (Å²) in [7, 11) is 0. The number of benzene rings is 2. The molecule has 2 aromatic carbocycles. The highest BCUT2D eigenvalue weighted by atomic mass is 79.9. The van der Waals surface area contributed by atoms with Gasteiger partial charge in [0.15, 0.2) is 11.5 Å². The molecule has 8 heteroatoms. The summed E-state index contributed by atoms with van der Waals surface area (Å²) in [5.74, 6) is -3.79. The molecule has 1 aliphatic rings. The van der Waals surface area contributed by atoms with Crippen molar-refractivity contribution in [3.63, 3.8) is 0 Å². The Kier molecular flexibility index (Phi) is 6.79. The molecular weight excluding hydrogens is 520 g/mol. The van der Waals surface area contributed by atoms with Crippen LogP contribution in [-0.4, -0.2) is 23.5 Å². The van der Waals surface area contributed by atoms with Crippen LogP contribution in [0.3, 0.4) is 0 Å². The fourth-order valence-corrected chi connectivity index (χ4v) is 3.61. The molecule has 0 heterocycles. The lowest BCUT2D eigenvalue weighted by Gasteiger charge is -2.18. The predicted octanol–water partition coefficient (Wildman–Crippen LogP) is 4.93. The third-order valence-corrected chi connectivity index (χ3v) is 5.58. The molecule has 2 aromatic rings. The van der Waals surface area contributed by atoms with Crippen LogP contribution in [0.1, 0.15) is 34.1 Å². The number of allylic oxidation sites excluding steroid dienone is 2. The first-order chi connectivity index (χ1) is 14.3. The summed E-state index contributed by atoms with van der Waals surface area (Å²) < 4.78 is 11.4. The molecule has 30 heavy (non-hydrogen) atoms. The lowest BCUT2D eigenvalue weighted by atomic mass is 9.97. The Hall–Kier alpha value is -2.84. The van der Waals surface area contributed by atoms with Crippen LogP contribution < -0.4 is 0 Å². The fourth-order valence-electron chi connectivity index (χ4n) is 2.72. The van der Waals surface area contributed by atoms with E-state index in [4.69, 9.17) is 9.47 Å². The first-order valence-electron chi connectivity index (χ1n) is 8.80. The Labute approximate surface area is 188 Å². The largest absolute Gasteiger partial charge is 0.419 e. The molecule has 0 saturated carbocycles. The summed E-state index contributed by atoms with van der Waals surface area (Å²) in [6, 6.07) is 13.1. The molecule has 0 unspecified atom stereocenters. The van der Waals surface area contributed by atoms with Gasteiger partial charge in [-0.3, -0.25) is 9.59 Å². The van der Waals surface area contributed by atoms with Crippen molar-refractivity contribution in [3.8, 4) is 0 Å². The van der Waals surface area contributed by atoms with Gasteiger partial charge in [-0.2, -0.15) is 0 Å². The van der Waals surface area contributed by atoms with Crippen molar-refractivity contribution in [1.29, 1.82) is 0 Å². The number of ketones is 2. The number of rotatable bonds is 5. The SMILES string of the molecule is CCC1=C(OC(=O)c2ccccc2Br)C(=O)C=C(OC(=O)c2ccccc2Br)C1=O. The zero-order chi connectivity index (χ0) is 21.8. The quantitative estimate of drug-likeness (QED) is 0.400. The average Bonchev–Trinajstić information content (AvgIpc) is 2.72. The molecule has 0 amide bonds. The van der Waals surface area contributed by atoms with E-state index in [1.165, 1.54) is 12.1 Å². The molecule has 0 aromatic heterocycles. The van der Waals surface area contributed by atoms with E-state index < -0.39 is 29.3 Å². The van der Waals surface area contributed by atoms with E-state index in [-0.39, 0.29) is 28.9 Å². The van der Waals surface area contributed by atoms with Crippen LogP contribution in [0.15, 0.2) is 80.6 Å². The number of carbonyl (C=O) groups excluding carboxylic acids is 4. The van der Waals surface area contributed by atoms with Crippen molar-refractivity contribution in [2.45, 2.75) is 13.3 Å². The molecule has 0 atom stereocenters. The second-order valence-corrected chi connectivity index (χ2v) is 7.81. The lowest BCUT2D eigenvalue weighted by molar-refractivity contribution is -0.119. The maximum atomic E-state index is 12.8. The summed E-state index contributed by atoms with van der Waals surface area (Å²) in [4.78, 5) is 50.2. The van der Waals surface area contributed by atoms with Crippen molar-refractivity contribution < 1.29 is 28.7 Å². The average molecular weight is 534 g/mol. The number of esters is 2. The molecule has 0 radical (unpaired) electrons. The number of halogens is 2. The Bertz CT molecular complexity index is 1130. The van der Waals surface area contributed by atoms with Crippen LogP contribution in [0.2, 0.25) is 0 Å². The number of ether oxygens (including phenoxy) is 2. The summed E-state index contributed by atoms with van der Waals surface area (Å²) in [5, 5.41) is 0. The minimum Gasteiger partial charge on any atom is -0.419 e. The van der Waals surface area contributed by atoms with Gasteiger partial charge < -0.3 is 9.47 Å². The Morgan fingerprint density at radius 3 is 1.83 bits per heavy atom. The van der Waals surface area contributed by atoms with Gasteiger partial charge in [-0.1, -0.05) is 31.2 Å². The van der Waals surface area contributed by atoms with Crippen LogP contribution in [0, 0.1) is 0 Å². The van der Waals surface area contributed by atoms with Crippen molar-refractivity contribution in [2.75, 3.05) is 0 Å². The third-order valence-electron chi connectivity index (χ3n) is 4.20. The van der Waals surface area contributed by atoms with E-state index in [1.807, 2.05) is 0 Å². The maximum absolute atomic E-state index is 12.8. The number of Topliss-reactive ketones (excluding diaryl/α,β-unsaturated/α-hetero) is 1. The van der Waals surface area contributed by atoms with Crippen LogP contribution in [0.5, 0.6) is 0 Å². The highest BCUT2D eigenvalue weighted by Gasteiger charge is 2.33. The van der Waals surface area contributed by atoms with Gasteiger partial charge in [0, 0.05) is 15.0 Å². The monoisotopic (exact) mass is 532 g/mol. The first kappa shape index (κ1) is 21.9. The van der Waals surface area contributed by atoms with Gasteiger partial charge in [0.05, 0.1) is 16.7 Å². The van der Waals surface area contributed by atoms with Crippen molar-refractivity contribution in [2.24, 2.45) is 0 Å². The smallest absolute Gasteiger partial charge is 0.344 e. The Morgan fingerprint density at radius 1 is 0.833 bits per heavy atom. The van der Waals surface area contributed by atoms with Gasteiger partial charge in [-0.25, -0.2) is 9.59 Å². The third kappa shape index (κ3) is 4.49. The Balaban J connectivity index is 1.85. The molecule has 1 aliphatic carbocycles. The number of carbonyl (C=O) groups is 4. The molecule has 0 aliphatic heterocycles. The predicted molar refractivity (Wildman–Crippen MR) is 115 cm³/mol. The van der Waals surface area contributed by atoms with E-state index in [0.29, 0.717) is 8.95 Å². The van der Waals surface area contributed by atoms with E-state index in [2.05, 4.69) is 31.9 Å². The molecule has 0 N–H and O–H groups in total. The van der Waals surface area contributed by atoms with Crippen LogP contribution in [-0.2, 0) is 19.1 Å². The van der Waals surface area contributed by atoms with Gasteiger partial charge in [-0.05, 0) is 62.5 Å². The Morgan fingerprint density at radius 2 is 1.33 bits per heavy atom. The van der Waals surface area contributed by atoms with Gasteiger partial charge in [0.2, 0.25) is 11.6 Å². The van der Waals surface area contributed by atoms with Crippen molar-refractivity contribution in [3.05, 3.63) is 91.8 Å². The molecular formula is C22H14Br2O6. The van der Waals surface area contributed by atoms with Crippen LogP contribution in [0.25, 0.3) is 0 Å². The molecule has 152 valence electrons. The summed E-state index contributed by atoms with van der Waals surface area (Å²) in [6.07, 6.45) is 0.964. The summed E-state index contributed by atoms with van der Waals surface area (Å²) >= 11 is 6.48. The fraction of sp³-hybridized carbons (Fsp3) is 0.0909. The van der Waals surface area contributed by atoms with Gasteiger partial charge in [0.25, 0.3) is 0 Å². The summed E-state index contributed by atoms with van der Waals surface area (Å²) in [5.41, 5.74) is 0.362. The highest BCUT2D eigenvalue weighted by Crippen LogP contribution is 2.27. The highest BCUT2D eigenvalue weighted by molar-refractivity contribution is 9.10. The molecule has 0 fully saturated rings. The van der Waals surface area contributed by atoms with E-state index in [0.717, 1.165) is 6.08 Å². The second-order valence-electron chi connectivity index (χ2n) is 6.10. The first-order valence-corrected chi connectivity index (χ1v) is 10.4. The molecule has 0 bridgehead atoms. The minimum absolute atomic E-state index is 0.0437. The normalized spacial score (nSPS) is 13.8. The maximum Gasteiger partial charge on any atom is 0.344 e. The van der Waals surface area contributed by atoms with E-state index >= 15 is 0 Å². The second kappa shape index (κ2) is 9.32. The topological polar surface area (TPSA) is 86.7 Å². The molecule has 6 nitrogen and oxygen atoms in total. The molecule has 3 rings (SSSR count). The number of hydrogen-bond donors (Lipinski definition) is 0. The van der Waals surface area contributed by atoms with Crippen molar-refractivity contribution in [1.82, 2.24) is 0 Å². The lowest BCUT2D eigenvalue weighted by Crippen LogP contribution is -2.25. The van der Waals surface area contributed by atoms with Gasteiger partial charge in [0.1, 0.15) is 0 Å². The summed E-state index contributed by atoms with van der Waals surface area (Å²) in [6.45, 7) is 1.63. The van der Waals surface area contributed by atoms with Gasteiger partial charge >= 0.3 is 11.9 Å². The van der Waals surface area contributed by atoms with E-state index in [1.54, 1.807) is 43.3 Å².